The van der Waals surface area contributed by atoms with E-state index in [1.807, 2.05) is 0 Å². The Morgan fingerprint density at radius 1 is 1.00 bits per heavy atom. The zero-order valence-corrected chi connectivity index (χ0v) is 6.25. The third-order valence-corrected chi connectivity index (χ3v) is 2.65. The quantitative estimate of drug-likeness (QED) is 0.524. The van der Waals surface area contributed by atoms with Crippen LogP contribution in [0, 0.1) is 11.8 Å². The highest BCUT2D eigenvalue weighted by molar-refractivity contribution is 4.78. The minimum atomic E-state index is 0.885. The molecule has 2 fully saturated rings. The van der Waals surface area contributed by atoms with Gasteiger partial charge in [0.2, 0.25) is 0 Å². The number of ether oxygens (including phenoxy) is 1. The summed E-state index contributed by atoms with van der Waals surface area (Å²) in [7, 11) is 0. The summed E-state index contributed by atoms with van der Waals surface area (Å²) in [6, 6.07) is 0. The number of piperidine rings is 1. The van der Waals surface area contributed by atoms with Crippen molar-refractivity contribution in [2.75, 3.05) is 26.3 Å². The maximum atomic E-state index is 5.16. The standard InChI is InChI=1S/C8H14NO/c1-3-9-4-2-7(1)8-5-10-6-8/h7-8H,1-6H2. The Morgan fingerprint density at radius 3 is 2.20 bits per heavy atom. The summed E-state index contributed by atoms with van der Waals surface area (Å²) in [5.74, 6) is 1.82. The van der Waals surface area contributed by atoms with Gasteiger partial charge in [-0.1, -0.05) is 0 Å². The molecule has 0 unspecified atom stereocenters. The smallest absolute Gasteiger partial charge is 0.0519 e. The van der Waals surface area contributed by atoms with Crippen LogP contribution >= 0.6 is 0 Å². The van der Waals surface area contributed by atoms with Crippen LogP contribution in [0.4, 0.5) is 0 Å². The highest BCUT2D eigenvalue weighted by atomic mass is 16.5. The normalized spacial score (nSPS) is 30.0. The fourth-order valence-electron chi connectivity index (χ4n) is 1.77. The van der Waals surface area contributed by atoms with E-state index >= 15 is 0 Å². The highest BCUT2D eigenvalue weighted by Crippen LogP contribution is 2.27. The fraction of sp³-hybridized carbons (Fsp3) is 1.00. The Bertz CT molecular complexity index is 106. The first-order valence-electron chi connectivity index (χ1n) is 4.18. The summed E-state index contributed by atoms with van der Waals surface area (Å²) < 4.78 is 5.16. The maximum absolute atomic E-state index is 5.16. The Hall–Kier alpha value is -0.0800. The molecule has 0 amide bonds. The van der Waals surface area contributed by atoms with Crippen LogP contribution in [-0.4, -0.2) is 26.3 Å². The Morgan fingerprint density at radius 2 is 1.70 bits per heavy atom. The summed E-state index contributed by atoms with van der Waals surface area (Å²) in [6.45, 7) is 4.23. The second-order valence-electron chi connectivity index (χ2n) is 3.31. The molecule has 2 aliphatic heterocycles. The average Bonchev–Trinajstić information content (AvgIpc) is 1.86. The van der Waals surface area contributed by atoms with E-state index in [9.17, 15) is 0 Å². The van der Waals surface area contributed by atoms with Crippen molar-refractivity contribution in [1.29, 1.82) is 0 Å². The van der Waals surface area contributed by atoms with E-state index in [-0.39, 0.29) is 0 Å². The van der Waals surface area contributed by atoms with Gasteiger partial charge in [0.25, 0.3) is 0 Å². The molecular formula is C8H14NO. The lowest BCUT2D eigenvalue weighted by Crippen LogP contribution is -2.38. The molecule has 2 saturated heterocycles. The maximum Gasteiger partial charge on any atom is 0.0519 e. The lowest BCUT2D eigenvalue weighted by molar-refractivity contribution is -0.0662. The third-order valence-electron chi connectivity index (χ3n) is 2.65. The Labute approximate surface area is 61.9 Å². The molecule has 2 aliphatic rings. The average molecular weight is 140 g/mol. The number of hydrogen-bond acceptors (Lipinski definition) is 1. The Kier molecular flexibility index (Phi) is 1.91. The van der Waals surface area contributed by atoms with Crippen LogP contribution in [0.3, 0.4) is 0 Å². The molecule has 0 N–H and O–H groups in total. The van der Waals surface area contributed by atoms with E-state index in [2.05, 4.69) is 5.32 Å². The molecule has 0 saturated carbocycles. The van der Waals surface area contributed by atoms with E-state index in [4.69, 9.17) is 4.74 Å². The van der Waals surface area contributed by atoms with Gasteiger partial charge in [-0.3, -0.25) is 0 Å². The van der Waals surface area contributed by atoms with Crippen molar-refractivity contribution in [3.63, 3.8) is 0 Å². The predicted molar refractivity (Wildman–Crippen MR) is 38.9 cm³/mol. The van der Waals surface area contributed by atoms with Crippen LogP contribution in [0.5, 0.6) is 0 Å². The summed E-state index contributed by atoms with van der Waals surface area (Å²) in [4.78, 5) is 0. The molecule has 2 heteroatoms. The van der Waals surface area contributed by atoms with Gasteiger partial charge in [0.15, 0.2) is 0 Å². The molecule has 57 valence electrons. The van der Waals surface area contributed by atoms with Crippen LogP contribution in [0.1, 0.15) is 12.8 Å². The number of hydrogen-bond donors (Lipinski definition) is 0. The van der Waals surface area contributed by atoms with Gasteiger partial charge in [0.1, 0.15) is 0 Å². The fourth-order valence-corrected chi connectivity index (χ4v) is 1.77. The molecule has 0 aromatic rings. The van der Waals surface area contributed by atoms with Gasteiger partial charge in [0.05, 0.1) is 13.2 Å². The predicted octanol–water partition coefficient (Wildman–Crippen LogP) is 0.647. The van der Waals surface area contributed by atoms with Crippen LogP contribution in [-0.2, 0) is 4.74 Å². The van der Waals surface area contributed by atoms with Crippen molar-refractivity contribution in [1.82, 2.24) is 5.32 Å². The lowest BCUT2D eigenvalue weighted by Gasteiger charge is -2.35. The second-order valence-corrected chi connectivity index (χ2v) is 3.31. The summed E-state index contributed by atoms with van der Waals surface area (Å²) in [5, 5.41) is 4.33. The molecule has 0 aromatic heterocycles. The van der Waals surface area contributed by atoms with Crippen LogP contribution < -0.4 is 5.32 Å². The molecule has 2 heterocycles. The second kappa shape index (κ2) is 2.89. The molecule has 2 nitrogen and oxygen atoms in total. The molecule has 0 aliphatic carbocycles. The van der Waals surface area contributed by atoms with Crippen molar-refractivity contribution in [3.05, 3.63) is 0 Å². The molecule has 0 spiro atoms. The third kappa shape index (κ3) is 1.18. The molecule has 2 rings (SSSR count). The summed E-state index contributed by atoms with van der Waals surface area (Å²) in [6.07, 6.45) is 2.63. The van der Waals surface area contributed by atoms with Gasteiger partial charge in [0, 0.05) is 19.0 Å². The topological polar surface area (TPSA) is 23.3 Å². The van der Waals surface area contributed by atoms with E-state index in [1.54, 1.807) is 0 Å². The first kappa shape index (κ1) is 6.62. The number of rotatable bonds is 1. The minimum Gasteiger partial charge on any atom is -0.381 e. The van der Waals surface area contributed by atoms with Gasteiger partial charge in [-0.25, -0.2) is 5.32 Å². The van der Waals surface area contributed by atoms with E-state index in [1.165, 1.54) is 12.8 Å². The molecule has 0 aromatic carbocycles. The molecule has 10 heavy (non-hydrogen) atoms. The molecule has 0 bridgehead atoms. The van der Waals surface area contributed by atoms with Gasteiger partial charge in [-0.15, -0.1) is 0 Å². The van der Waals surface area contributed by atoms with Gasteiger partial charge in [-0.05, 0) is 18.8 Å². The van der Waals surface area contributed by atoms with Crippen molar-refractivity contribution in [2.45, 2.75) is 12.8 Å². The largest absolute Gasteiger partial charge is 0.381 e. The minimum absolute atomic E-state index is 0.885. The van der Waals surface area contributed by atoms with Crippen molar-refractivity contribution >= 4 is 0 Å². The van der Waals surface area contributed by atoms with E-state index in [0.717, 1.165) is 38.1 Å². The van der Waals surface area contributed by atoms with Crippen molar-refractivity contribution in [3.8, 4) is 0 Å². The number of nitrogens with zero attached hydrogens (tertiary/aromatic N) is 1. The van der Waals surface area contributed by atoms with E-state index < -0.39 is 0 Å². The summed E-state index contributed by atoms with van der Waals surface area (Å²) in [5.41, 5.74) is 0. The highest BCUT2D eigenvalue weighted by Gasteiger charge is 2.29. The van der Waals surface area contributed by atoms with Gasteiger partial charge >= 0.3 is 0 Å². The zero-order chi connectivity index (χ0) is 6.81. The van der Waals surface area contributed by atoms with Crippen LogP contribution in [0.25, 0.3) is 0 Å². The van der Waals surface area contributed by atoms with Crippen LogP contribution in [0.15, 0.2) is 0 Å². The van der Waals surface area contributed by atoms with Crippen LogP contribution in [0.2, 0.25) is 0 Å². The van der Waals surface area contributed by atoms with E-state index in [0.29, 0.717) is 0 Å². The molecule has 1 radical (unpaired) electrons. The van der Waals surface area contributed by atoms with Crippen molar-refractivity contribution < 1.29 is 4.74 Å². The van der Waals surface area contributed by atoms with Crippen molar-refractivity contribution in [2.24, 2.45) is 11.8 Å². The van der Waals surface area contributed by atoms with Gasteiger partial charge in [-0.2, -0.15) is 0 Å². The zero-order valence-electron chi connectivity index (χ0n) is 6.25. The first-order valence-corrected chi connectivity index (χ1v) is 4.18. The Balaban J connectivity index is 1.78. The first-order chi connectivity index (χ1) is 4.97. The monoisotopic (exact) mass is 140 g/mol. The molecule has 0 atom stereocenters. The molecular weight excluding hydrogens is 126 g/mol. The summed E-state index contributed by atoms with van der Waals surface area (Å²) >= 11 is 0. The SMILES string of the molecule is C1CC(C2COC2)CC[N]1. The van der Waals surface area contributed by atoms with Gasteiger partial charge < -0.3 is 4.74 Å². The lowest BCUT2D eigenvalue weighted by atomic mass is 9.84.